The average Bonchev–Trinajstić information content (AvgIpc) is 2.64. The second-order valence-electron chi connectivity index (χ2n) is 2.34. The fourth-order valence-electron chi connectivity index (χ4n) is 1.10. The van der Waals surface area contributed by atoms with Gasteiger partial charge >= 0.3 is 0 Å². The Balaban J connectivity index is 2.40. The highest BCUT2D eigenvalue weighted by Gasteiger charge is 2.14. The van der Waals surface area contributed by atoms with Gasteiger partial charge in [-0.3, -0.25) is 9.98 Å². The van der Waals surface area contributed by atoms with Crippen LogP contribution in [0, 0.1) is 0 Å². The van der Waals surface area contributed by atoms with Crippen LogP contribution in [0.25, 0.3) is 0 Å². The van der Waals surface area contributed by atoms with Crippen LogP contribution in [0.3, 0.4) is 0 Å². The summed E-state index contributed by atoms with van der Waals surface area (Å²) >= 11 is 3.25. The van der Waals surface area contributed by atoms with Crippen molar-refractivity contribution < 1.29 is 0 Å². The van der Waals surface area contributed by atoms with Gasteiger partial charge in [-0.15, -0.1) is 0 Å². The first-order valence-corrected chi connectivity index (χ1v) is 5.43. The Bertz CT molecular complexity index is 412. The molecule has 12 heavy (non-hydrogen) atoms. The van der Waals surface area contributed by atoms with Crippen molar-refractivity contribution in [2.45, 2.75) is 10.1 Å². The molecule has 0 saturated heterocycles. The molecular weight excluding hydrogens is 192 g/mol. The molecule has 4 nitrogen and oxygen atoms in total. The molecule has 0 aromatic carbocycles. The maximum absolute atomic E-state index is 4.35. The minimum atomic E-state index is 0.753. The molecule has 0 unspecified atom stereocenters. The molecule has 0 fully saturated rings. The van der Waals surface area contributed by atoms with Crippen LogP contribution in [0.2, 0.25) is 0 Å². The van der Waals surface area contributed by atoms with Crippen molar-refractivity contribution >= 4 is 23.5 Å². The van der Waals surface area contributed by atoms with Crippen molar-refractivity contribution in [3.63, 3.8) is 0 Å². The van der Waals surface area contributed by atoms with E-state index in [4.69, 9.17) is 0 Å². The summed E-state index contributed by atoms with van der Waals surface area (Å²) in [6.45, 7) is 0. The highest BCUT2D eigenvalue weighted by atomic mass is 32.2. The highest BCUT2D eigenvalue weighted by Crippen LogP contribution is 2.17. The van der Waals surface area contributed by atoms with E-state index in [0.717, 1.165) is 32.8 Å². The summed E-state index contributed by atoms with van der Waals surface area (Å²) in [6.07, 6.45) is 0. The second kappa shape index (κ2) is 2.43. The molecule has 2 aliphatic rings. The molecule has 1 aromatic rings. The summed E-state index contributed by atoms with van der Waals surface area (Å²) in [6, 6.07) is 0. The zero-order valence-electron chi connectivity index (χ0n) is 6.02. The normalized spacial score (nSPS) is 18.0. The quantitative estimate of drug-likeness (QED) is 0.578. The molecule has 0 radical (unpaired) electrons. The Morgan fingerprint density at radius 1 is 0.833 bits per heavy atom. The number of fused-ring (bicyclic) bond motifs is 2. The van der Waals surface area contributed by atoms with Gasteiger partial charge in [0.05, 0.1) is 11.8 Å². The molecule has 1 aromatic heterocycles. The minimum Gasteiger partial charge on any atom is -0.253 e. The third-order valence-corrected chi connectivity index (χ3v) is 3.24. The third-order valence-electron chi connectivity index (χ3n) is 1.63. The minimum absolute atomic E-state index is 0.753. The Hall–Kier alpha value is -0.620. The Morgan fingerprint density at radius 2 is 1.33 bits per heavy atom. The molecule has 0 saturated carbocycles. The van der Waals surface area contributed by atoms with Gasteiger partial charge < -0.3 is 0 Å². The summed E-state index contributed by atoms with van der Waals surface area (Å²) in [5.41, 5.74) is 1.59. The van der Waals surface area contributed by atoms with Crippen LogP contribution in [0.1, 0.15) is 0 Å². The molecule has 2 aliphatic heterocycles. The van der Waals surface area contributed by atoms with Crippen molar-refractivity contribution in [1.29, 1.82) is 0 Å². The molecule has 0 aliphatic carbocycles. The Kier molecular flexibility index (Phi) is 1.39. The van der Waals surface area contributed by atoms with Gasteiger partial charge in [0, 0.05) is 0 Å². The highest BCUT2D eigenvalue weighted by molar-refractivity contribution is 7.99. The smallest absolute Gasteiger partial charge is 0.182 e. The van der Waals surface area contributed by atoms with Gasteiger partial charge in [0.2, 0.25) is 0 Å². The first-order valence-electron chi connectivity index (χ1n) is 3.46. The van der Waals surface area contributed by atoms with Gasteiger partial charge in [-0.2, -0.15) is 0 Å². The predicted octanol–water partition coefficient (Wildman–Crippen LogP) is -0.158. The lowest BCUT2D eigenvalue weighted by Crippen LogP contribution is -2.20. The van der Waals surface area contributed by atoms with Crippen molar-refractivity contribution in [3.05, 3.63) is 11.0 Å². The van der Waals surface area contributed by atoms with Crippen LogP contribution in [0.5, 0.6) is 0 Å². The van der Waals surface area contributed by atoms with E-state index < -0.39 is 0 Å². The van der Waals surface area contributed by atoms with Crippen molar-refractivity contribution in [1.82, 2.24) is 9.97 Å². The molecule has 0 N–H and O–H groups in total. The van der Waals surface area contributed by atoms with Crippen molar-refractivity contribution in [2.75, 3.05) is 11.8 Å². The van der Waals surface area contributed by atoms with E-state index >= 15 is 0 Å². The van der Waals surface area contributed by atoms with Crippen LogP contribution in [0.15, 0.2) is 20.0 Å². The predicted molar refractivity (Wildman–Crippen MR) is 45.8 cm³/mol. The monoisotopic (exact) mass is 196 g/mol. The van der Waals surface area contributed by atoms with Gasteiger partial charge in [-0.1, -0.05) is 23.5 Å². The lowest BCUT2D eigenvalue weighted by Gasteiger charge is -1.90. The van der Waals surface area contributed by atoms with Crippen LogP contribution < -0.4 is 11.0 Å². The fraction of sp³-hybridized carbons (Fsp3) is 0.333. The molecule has 3 heterocycles. The maximum Gasteiger partial charge on any atom is 0.182 e. The van der Waals surface area contributed by atoms with Crippen LogP contribution in [-0.4, -0.2) is 21.7 Å². The zero-order valence-corrected chi connectivity index (χ0v) is 7.65. The van der Waals surface area contributed by atoms with E-state index in [1.165, 1.54) is 0 Å². The van der Waals surface area contributed by atoms with E-state index in [0.29, 0.717) is 0 Å². The third kappa shape index (κ3) is 0.879. The van der Waals surface area contributed by atoms with Gasteiger partial charge in [-0.25, -0.2) is 9.97 Å². The molecule has 0 atom stereocenters. The number of rotatable bonds is 0. The van der Waals surface area contributed by atoms with E-state index in [1.54, 1.807) is 23.5 Å². The van der Waals surface area contributed by atoms with Crippen molar-refractivity contribution in [3.8, 4) is 0 Å². The van der Waals surface area contributed by atoms with E-state index in [2.05, 4.69) is 20.0 Å². The summed E-state index contributed by atoms with van der Waals surface area (Å²) in [4.78, 5) is 17.1. The van der Waals surface area contributed by atoms with E-state index in [-0.39, 0.29) is 0 Å². The van der Waals surface area contributed by atoms with Gasteiger partial charge in [-0.05, 0) is 0 Å². The molecule has 6 heteroatoms. The second-order valence-corrected chi connectivity index (χ2v) is 4.21. The number of thioether (sulfide) groups is 2. The first kappa shape index (κ1) is 6.85. The summed E-state index contributed by atoms with van der Waals surface area (Å²) in [5, 5.41) is 1.86. The summed E-state index contributed by atoms with van der Waals surface area (Å²) < 4.78 is 0. The molecule has 3 rings (SSSR count). The largest absolute Gasteiger partial charge is 0.253 e. The van der Waals surface area contributed by atoms with E-state index in [9.17, 15) is 0 Å². The zero-order chi connectivity index (χ0) is 7.97. The molecule has 60 valence electrons. The molecule has 0 spiro atoms. The fourth-order valence-corrected chi connectivity index (χ4v) is 2.50. The van der Waals surface area contributed by atoms with E-state index in [1.807, 2.05) is 0 Å². The lowest BCUT2D eigenvalue weighted by atomic mass is 10.7. The first-order chi connectivity index (χ1) is 5.93. The molecule has 0 amide bonds. The van der Waals surface area contributed by atoms with Gasteiger partial charge in [0.15, 0.2) is 11.0 Å². The number of hydrogen-bond acceptors (Lipinski definition) is 6. The molecule has 0 bridgehead atoms. The Morgan fingerprint density at radius 3 is 1.83 bits per heavy atom. The maximum atomic E-state index is 4.35. The summed E-state index contributed by atoms with van der Waals surface area (Å²) in [7, 11) is 0. The molecular formula is C6H4N4S2. The lowest BCUT2D eigenvalue weighted by molar-refractivity contribution is 0.839. The van der Waals surface area contributed by atoms with Crippen LogP contribution in [0.4, 0.5) is 0 Å². The number of nitrogens with zero attached hydrogens (tertiary/aromatic N) is 4. The Labute approximate surface area is 76.6 Å². The topological polar surface area (TPSA) is 50.5 Å². The average molecular weight is 196 g/mol. The van der Waals surface area contributed by atoms with Crippen LogP contribution >= 0.6 is 23.5 Å². The summed E-state index contributed by atoms with van der Waals surface area (Å²) in [5.74, 6) is 1.51. The van der Waals surface area contributed by atoms with Crippen molar-refractivity contribution in [2.24, 2.45) is 9.98 Å². The SMILES string of the molecule is C1N=c2nc3c(nc2S1)=NCS3. The number of aromatic nitrogens is 2. The number of hydrogen-bond donors (Lipinski definition) is 0. The van der Waals surface area contributed by atoms with Gasteiger partial charge in [0.1, 0.15) is 10.1 Å². The standard InChI is InChI=1S/C6H4N4S2/c1-7-3-5(11-1)10-4-6(9-3)12-2-8-4/h1-2H2. The van der Waals surface area contributed by atoms with Crippen LogP contribution in [-0.2, 0) is 0 Å². The van der Waals surface area contributed by atoms with Gasteiger partial charge in [0.25, 0.3) is 0 Å².